The van der Waals surface area contributed by atoms with E-state index >= 15 is 0 Å². The molecule has 0 aliphatic heterocycles. The Morgan fingerprint density at radius 2 is 2.25 bits per heavy atom. The lowest BCUT2D eigenvalue weighted by molar-refractivity contribution is 0.657. The molecule has 1 atom stereocenters. The van der Waals surface area contributed by atoms with E-state index in [0.29, 0.717) is 5.92 Å². The van der Waals surface area contributed by atoms with Crippen LogP contribution in [0, 0.1) is 5.92 Å². The van der Waals surface area contributed by atoms with Crippen molar-refractivity contribution in [3.05, 3.63) is 11.1 Å². The zero-order valence-electron chi connectivity index (χ0n) is 5.74. The van der Waals surface area contributed by atoms with Gasteiger partial charge >= 0.3 is 0 Å². The molecule has 0 rings (SSSR count). The highest BCUT2D eigenvalue weighted by Gasteiger charge is 1.97. The van der Waals surface area contributed by atoms with Crippen molar-refractivity contribution >= 4 is 11.6 Å². The molecule has 0 amide bonds. The van der Waals surface area contributed by atoms with Crippen LogP contribution in [0.25, 0.3) is 0 Å². The van der Waals surface area contributed by atoms with Gasteiger partial charge in [0.25, 0.3) is 0 Å². The Morgan fingerprint density at radius 3 is 2.38 bits per heavy atom. The molecule has 48 valence electrons. The molecule has 0 bridgehead atoms. The minimum absolute atomic E-state index is 0.646. The predicted octanol–water partition coefficient (Wildman–Crippen LogP) is 3.18. The smallest absolute Gasteiger partial charge is 0.00343 e. The molecule has 0 heterocycles. The topological polar surface area (TPSA) is 0 Å². The largest absolute Gasteiger partial charge is 0.0930 e. The van der Waals surface area contributed by atoms with Crippen LogP contribution in [0.15, 0.2) is 11.1 Å². The number of hydrogen-bond donors (Lipinski definition) is 0. The molecule has 0 aromatic carbocycles. The van der Waals surface area contributed by atoms with Gasteiger partial charge in [-0.1, -0.05) is 31.0 Å². The van der Waals surface area contributed by atoms with E-state index in [1.807, 2.05) is 0 Å². The van der Waals surface area contributed by atoms with Gasteiger partial charge in [0, 0.05) is 5.54 Å². The molecule has 1 heteroatoms. The molecule has 0 fully saturated rings. The van der Waals surface area contributed by atoms with E-state index < -0.39 is 0 Å². The lowest BCUT2D eigenvalue weighted by Crippen LogP contribution is -1.91. The minimum atomic E-state index is 0.646. The van der Waals surface area contributed by atoms with Gasteiger partial charge in [-0.25, -0.2) is 0 Å². The first-order chi connectivity index (χ1) is 3.72. The standard InChI is InChI=1S/C7H13Cl/c1-4-6(2)7(3)5-8/h5-6H,4H2,1-3H3/b7-5-. The molecule has 0 aromatic heterocycles. The van der Waals surface area contributed by atoms with Crippen molar-refractivity contribution in [3.63, 3.8) is 0 Å². The van der Waals surface area contributed by atoms with E-state index in [9.17, 15) is 0 Å². The highest BCUT2D eigenvalue weighted by molar-refractivity contribution is 6.25. The second-order valence-electron chi connectivity index (χ2n) is 2.16. The van der Waals surface area contributed by atoms with Crippen LogP contribution < -0.4 is 0 Å². The fraction of sp³-hybridized carbons (Fsp3) is 0.714. The van der Waals surface area contributed by atoms with Gasteiger partial charge in [0.15, 0.2) is 0 Å². The van der Waals surface area contributed by atoms with Crippen molar-refractivity contribution in [2.45, 2.75) is 27.2 Å². The molecule has 0 N–H and O–H groups in total. The van der Waals surface area contributed by atoms with E-state index in [1.54, 1.807) is 5.54 Å². The fourth-order valence-electron chi connectivity index (χ4n) is 0.430. The van der Waals surface area contributed by atoms with Crippen molar-refractivity contribution in [3.8, 4) is 0 Å². The first-order valence-electron chi connectivity index (χ1n) is 2.99. The van der Waals surface area contributed by atoms with Crippen LogP contribution in [-0.2, 0) is 0 Å². The van der Waals surface area contributed by atoms with Crippen molar-refractivity contribution in [2.24, 2.45) is 5.92 Å². The monoisotopic (exact) mass is 132 g/mol. The second-order valence-corrected chi connectivity index (χ2v) is 2.38. The maximum Gasteiger partial charge on any atom is 0.00343 e. The number of allylic oxidation sites excluding steroid dienone is 1. The maximum absolute atomic E-state index is 5.46. The molecular formula is C7H13Cl. The molecule has 0 radical (unpaired) electrons. The zero-order valence-corrected chi connectivity index (χ0v) is 6.50. The Bertz CT molecular complexity index is 84.4. The molecule has 0 nitrogen and oxygen atoms in total. The van der Waals surface area contributed by atoms with E-state index in [4.69, 9.17) is 11.6 Å². The van der Waals surface area contributed by atoms with Gasteiger partial charge < -0.3 is 0 Å². The normalized spacial score (nSPS) is 16.2. The number of hydrogen-bond acceptors (Lipinski definition) is 0. The van der Waals surface area contributed by atoms with Gasteiger partial charge in [-0.05, 0) is 19.3 Å². The Kier molecular flexibility index (Phi) is 3.98. The second kappa shape index (κ2) is 3.96. The first kappa shape index (κ1) is 8.03. The molecule has 0 aliphatic rings. The van der Waals surface area contributed by atoms with Gasteiger partial charge in [0.2, 0.25) is 0 Å². The van der Waals surface area contributed by atoms with Gasteiger partial charge in [0.1, 0.15) is 0 Å². The van der Waals surface area contributed by atoms with Crippen molar-refractivity contribution in [2.75, 3.05) is 0 Å². The summed E-state index contributed by atoms with van der Waals surface area (Å²) in [6.07, 6.45) is 1.18. The molecule has 1 unspecified atom stereocenters. The molecule has 8 heavy (non-hydrogen) atoms. The molecule has 0 spiro atoms. The Hall–Kier alpha value is 0.0300. The van der Waals surface area contributed by atoms with Crippen molar-refractivity contribution < 1.29 is 0 Å². The summed E-state index contributed by atoms with van der Waals surface area (Å²) >= 11 is 5.46. The summed E-state index contributed by atoms with van der Waals surface area (Å²) in [6, 6.07) is 0. The third-order valence-corrected chi connectivity index (χ3v) is 1.91. The Labute approximate surface area is 56.5 Å². The average molecular weight is 133 g/mol. The molecule has 0 aromatic rings. The number of halogens is 1. The molecule has 0 saturated carbocycles. The zero-order chi connectivity index (χ0) is 6.57. The molecular weight excluding hydrogens is 120 g/mol. The molecule has 0 saturated heterocycles. The summed E-state index contributed by atoms with van der Waals surface area (Å²) in [6.45, 7) is 6.39. The molecule has 0 aliphatic carbocycles. The van der Waals surface area contributed by atoms with Gasteiger partial charge in [0.05, 0.1) is 0 Å². The maximum atomic E-state index is 5.46. The van der Waals surface area contributed by atoms with Crippen LogP contribution in [0.3, 0.4) is 0 Å². The van der Waals surface area contributed by atoms with E-state index in [1.165, 1.54) is 12.0 Å². The van der Waals surface area contributed by atoms with E-state index in [0.717, 1.165) is 0 Å². The first-order valence-corrected chi connectivity index (χ1v) is 3.42. The third kappa shape index (κ3) is 2.37. The van der Waals surface area contributed by atoms with Crippen LogP contribution in [0.5, 0.6) is 0 Å². The highest BCUT2D eigenvalue weighted by Crippen LogP contribution is 2.13. The van der Waals surface area contributed by atoms with Crippen molar-refractivity contribution in [1.29, 1.82) is 0 Å². The van der Waals surface area contributed by atoms with Crippen LogP contribution in [0.2, 0.25) is 0 Å². The van der Waals surface area contributed by atoms with Gasteiger partial charge in [-0.2, -0.15) is 0 Å². The third-order valence-electron chi connectivity index (χ3n) is 1.56. The quantitative estimate of drug-likeness (QED) is 0.542. The minimum Gasteiger partial charge on any atom is -0.0930 e. The number of rotatable bonds is 2. The summed E-state index contributed by atoms with van der Waals surface area (Å²) in [5.41, 5.74) is 2.93. The van der Waals surface area contributed by atoms with Crippen molar-refractivity contribution in [1.82, 2.24) is 0 Å². The van der Waals surface area contributed by atoms with Gasteiger partial charge in [-0.15, -0.1) is 0 Å². The summed E-state index contributed by atoms with van der Waals surface area (Å²) in [5, 5.41) is 0. The predicted molar refractivity (Wildman–Crippen MR) is 39.1 cm³/mol. The lowest BCUT2D eigenvalue weighted by atomic mass is 10.0. The summed E-state index contributed by atoms with van der Waals surface area (Å²) in [5.74, 6) is 0.646. The highest BCUT2D eigenvalue weighted by atomic mass is 35.5. The summed E-state index contributed by atoms with van der Waals surface area (Å²) in [7, 11) is 0. The summed E-state index contributed by atoms with van der Waals surface area (Å²) in [4.78, 5) is 0. The van der Waals surface area contributed by atoms with Crippen LogP contribution in [0.1, 0.15) is 27.2 Å². The average Bonchev–Trinajstić information content (AvgIpc) is 1.84. The van der Waals surface area contributed by atoms with Gasteiger partial charge in [-0.3, -0.25) is 0 Å². The summed E-state index contributed by atoms with van der Waals surface area (Å²) < 4.78 is 0. The van der Waals surface area contributed by atoms with Crippen LogP contribution >= 0.6 is 11.6 Å². The van der Waals surface area contributed by atoms with E-state index in [-0.39, 0.29) is 0 Å². The van der Waals surface area contributed by atoms with Crippen LogP contribution in [-0.4, -0.2) is 0 Å². The SMILES string of the molecule is CCC(C)/C(C)=C\Cl. The Balaban J connectivity index is 3.63. The Morgan fingerprint density at radius 1 is 1.75 bits per heavy atom. The van der Waals surface area contributed by atoms with E-state index in [2.05, 4.69) is 20.8 Å². The van der Waals surface area contributed by atoms with Crippen LogP contribution in [0.4, 0.5) is 0 Å². The fourth-order valence-corrected chi connectivity index (χ4v) is 0.645. The lowest BCUT2D eigenvalue weighted by Gasteiger charge is -2.05.